The van der Waals surface area contributed by atoms with Gasteiger partial charge in [-0.05, 0) is 6.92 Å². The molecule has 1 rings (SSSR count). The molecule has 0 bridgehead atoms. The van der Waals surface area contributed by atoms with Crippen molar-refractivity contribution in [1.29, 1.82) is 0 Å². The largest absolute Gasteiger partial charge is 1.00 e. The Morgan fingerprint density at radius 3 is 2.31 bits per heavy atom. The molecule has 1 aromatic heterocycles. The van der Waals surface area contributed by atoms with Crippen LogP contribution in [0.15, 0.2) is 36.2 Å². The van der Waals surface area contributed by atoms with Gasteiger partial charge < -0.3 is 17.5 Å². The van der Waals surface area contributed by atoms with Gasteiger partial charge in [0.25, 0.3) is 0 Å². The molecule has 0 amide bonds. The lowest BCUT2D eigenvalue weighted by Crippen LogP contribution is -3.00. The molecule has 0 unspecified atom stereocenters. The predicted octanol–water partition coefficient (Wildman–Crippen LogP) is -2.08. The molecule has 0 saturated carbocycles. The lowest BCUT2D eigenvalue weighted by Gasteiger charge is -1.88. The molecule has 0 radical (unpaired) electrons. The van der Waals surface area contributed by atoms with Gasteiger partial charge in [-0.25, -0.2) is 4.79 Å². The number of aliphatic carboxylic acids is 1. The van der Waals surface area contributed by atoms with Gasteiger partial charge in [0.15, 0.2) is 18.6 Å². The van der Waals surface area contributed by atoms with Crippen LogP contribution >= 0.6 is 0 Å². The van der Waals surface area contributed by atoms with Crippen LogP contribution in [0.5, 0.6) is 0 Å². The third-order valence-corrected chi connectivity index (χ3v) is 1.42. The average molecular weight is 200 g/mol. The van der Waals surface area contributed by atoms with Crippen molar-refractivity contribution >= 4 is 12.2 Å². The number of carboxylic acids is 1. The van der Waals surface area contributed by atoms with Crippen LogP contribution in [0.25, 0.3) is 6.20 Å². The molecular weight excluding hydrogens is 190 g/mol. The van der Waals surface area contributed by atoms with Crippen LogP contribution in [0.1, 0.15) is 6.92 Å². The quantitative estimate of drug-likeness (QED) is 0.439. The summed E-state index contributed by atoms with van der Waals surface area (Å²) in [4.78, 5) is 10.4. The van der Waals surface area contributed by atoms with E-state index in [9.17, 15) is 4.79 Å². The molecule has 0 aromatic carbocycles. The minimum atomic E-state index is -0.897. The summed E-state index contributed by atoms with van der Waals surface area (Å²) in [6.07, 6.45) is 5.13. The zero-order valence-electron chi connectivity index (χ0n) is 7.14. The zero-order valence-corrected chi connectivity index (χ0v) is 7.90. The standard InChI is InChI=1S/C9H9NO2.ClH/c1-8(9(11)12)7-10-5-3-2-4-6-10;/h2-7H,1H3;1H/b8-7+;. The molecule has 3 nitrogen and oxygen atoms in total. The second kappa shape index (κ2) is 5.32. The van der Waals surface area contributed by atoms with Crippen LogP contribution in [0.4, 0.5) is 0 Å². The smallest absolute Gasteiger partial charge is 0.337 e. The van der Waals surface area contributed by atoms with Crippen LogP contribution in [0.2, 0.25) is 0 Å². The van der Waals surface area contributed by atoms with E-state index in [0.717, 1.165) is 0 Å². The highest BCUT2D eigenvalue weighted by atomic mass is 35.5. The molecule has 13 heavy (non-hydrogen) atoms. The van der Waals surface area contributed by atoms with Gasteiger partial charge in [-0.2, -0.15) is 4.57 Å². The number of rotatable bonds is 2. The maximum absolute atomic E-state index is 10.4. The first-order chi connectivity index (χ1) is 5.70. The third-order valence-electron chi connectivity index (χ3n) is 1.42. The lowest BCUT2D eigenvalue weighted by molar-refractivity contribution is -0.568. The molecule has 1 aromatic rings. The van der Waals surface area contributed by atoms with E-state index in [2.05, 4.69) is 0 Å². The molecule has 0 atom stereocenters. The van der Waals surface area contributed by atoms with E-state index >= 15 is 0 Å². The van der Waals surface area contributed by atoms with Gasteiger partial charge in [0.2, 0.25) is 0 Å². The molecule has 1 N–H and O–H groups in total. The summed E-state index contributed by atoms with van der Waals surface area (Å²) in [7, 11) is 0. The number of aromatic nitrogens is 1. The Balaban J connectivity index is 0.00000144. The van der Waals surface area contributed by atoms with Crippen LogP contribution in [-0.2, 0) is 4.79 Å². The second-order valence-electron chi connectivity index (χ2n) is 2.44. The molecule has 0 aliphatic carbocycles. The molecule has 0 aliphatic rings. The highest BCUT2D eigenvalue weighted by Gasteiger charge is 2.03. The molecule has 70 valence electrons. The SMILES string of the molecule is C/C(=C\[n+]1ccccc1)C(=O)O.[Cl-]. The Kier molecular flexibility index (Phi) is 4.77. The van der Waals surface area contributed by atoms with E-state index in [4.69, 9.17) is 5.11 Å². The van der Waals surface area contributed by atoms with Crippen molar-refractivity contribution in [2.45, 2.75) is 6.92 Å². The van der Waals surface area contributed by atoms with E-state index in [1.54, 1.807) is 30.1 Å². The second-order valence-corrected chi connectivity index (χ2v) is 2.44. The highest BCUT2D eigenvalue weighted by Crippen LogP contribution is 1.90. The van der Waals surface area contributed by atoms with Gasteiger partial charge in [0.1, 0.15) is 0 Å². The molecule has 4 heteroatoms. The van der Waals surface area contributed by atoms with Gasteiger partial charge in [0.05, 0.1) is 5.57 Å². The van der Waals surface area contributed by atoms with E-state index < -0.39 is 5.97 Å². The number of nitrogens with zero attached hydrogens (tertiary/aromatic N) is 1. The fraction of sp³-hybridized carbons (Fsp3) is 0.111. The first kappa shape index (κ1) is 11.6. The Morgan fingerprint density at radius 2 is 1.85 bits per heavy atom. The lowest BCUT2D eigenvalue weighted by atomic mass is 10.3. The summed E-state index contributed by atoms with van der Waals surface area (Å²) >= 11 is 0. The predicted molar refractivity (Wildman–Crippen MR) is 44.2 cm³/mol. The first-order valence-corrected chi connectivity index (χ1v) is 3.57. The summed E-state index contributed by atoms with van der Waals surface area (Å²) < 4.78 is 1.70. The van der Waals surface area contributed by atoms with Gasteiger partial charge in [0, 0.05) is 12.1 Å². The van der Waals surface area contributed by atoms with Gasteiger partial charge in [-0.1, -0.05) is 6.07 Å². The van der Waals surface area contributed by atoms with Gasteiger partial charge in [-0.15, -0.1) is 0 Å². The molecule has 0 saturated heterocycles. The van der Waals surface area contributed by atoms with Crippen molar-refractivity contribution < 1.29 is 26.9 Å². The summed E-state index contributed by atoms with van der Waals surface area (Å²) in [6.45, 7) is 1.56. The Morgan fingerprint density at radius 1 is 1.31 bits per heavy atom. The van der Waals surface area contributed by atoms with E-state index in [1.807, 2.05) is 18.2 Å². The van der Waals surface area contributed by atoms with Crippen LogP contribution in [-0.4, -0.2) is 11.1 Å². The van der Waals surface area contributed by atoms with Gasteiger partial charge in [-0.3, -0.25) is 0 Å². The molecule has 0 aliphatic heterocycles. The maximum Gasteiger partial charge on any atom is 0.337 e. The minimum Gasteiger partial charge on any atom is -1.00 e. The van der Waals surface area contributed by atoms with Crippen LogP contribution < -0.4 is 17.0 Å². The van der Waals surface area contributed by atoms with Crippen LogP contribution in [0, 0.1) is 0 Å². The van der Waals surface area contributed by atoms with Crippen molar-refractivity contribution in [3.05, 3.63) is 36.2 Å². The van der Waals surface area contributed by atoms with E-state index in [0.29, 0.717) is 5.57 Å². The Hall–Kier alpha value is -1.35. The Bertz CT molecular complexity index is 309. The van der Waals surface area contributed by atoms with Crippen molar-refractivity contribution in [1.82, 2.24) is 0 Å². The van der Waals surface area contributed by atoms with Crippen molar-refractivity contribution in [3.63, 3.8) is 0 Å². The van der Waals surface area contributed by atoms with E-state index in [1.165, 1.54) is 0 Å². The number of carbonyl (C=O) groups is 1. The summed E-state index contributed by atoms with van der Waals surface area (Å²) in [5, 5.41) is 8.56. The topological polar surface area (TPSA) is 41.2 Å². The molecule has 0 fully saturated rings. The fourth-order valence-electron chi connectivity index (χ4n) is 0.777. The fourth-order valence-corrected chi connectivity index (χ4v) is 0.777. The maximum atomic E-state index is 10.4. The van der Waals surface area contributed by atoms with Crippen molar-refractivity contribution in [3.8, 4) is 0 Å². The molecule has 1 heterocycles. The molecular formula is C9H10ClNO2. The Labute approximate surface area is 82.7 Å². The summed E-state index contributed by atoms with van der Waals surface area (Å²) in [5.41, 5.74) is 0.311. The van der Waals surface area contributed by atoms with E-state index in [-0.39, 0.29) is 12.4 Å². The summed E-state index contributed by atoms with van der Waals surface area (Å²) in [5.74, 6) is -0.897. The highest BCUT2D eigenvalue weighted by molar-refractivity contribution is 5.88. The minimum absolute atomic E-state index is 0. The van der Waals surface area contributed by atoms with Crippen molar-refractivity contribution in [2.75, 3.05) is 0 Å². The number of hydrogen-bond donors (Lipinski definition) is 1. The number of pyridine rings is 1. The normalized spacial score (nSPS) is 10.4. The van der Waals surface area contributed by atoms with Crippen molar-refractivity contribution in [2.24, 2.45) is 0 Å². The van der Waals surface area contributed by atoms with Crippen LogP contribution in [0.3, 0.4) is 0 Å². The monoisotopic (exact) mass is 199 g/mol. The number of carboxylic acid groups (broad SMARTS) is 1. The zero-order chi connectivity index (χ0) is 8.97. The average Bonchev–Trinajstić information content (AvgIpc) is 2.06. The summed E-state index contributed by atoms with van der Waals surface area (Å²) in [6, 6.07) is 5.55. The number of halogens is 1. The first-order valence-electron chi connectivity index (χ1n) is 3.57. The third kappa shape index (κ3) is 3.71. The molecule has 0 spiro atoms. The number of hydrogen-bond acceptors (Lipinski definition) is 1. The van der Waals surface area contributed by atoms with Gasteiger partial charge >= 0.3 is 5.97 Å².